The molecule has 0 radical (unpaired) electrons. The molecule has 0 saturated heterocycles. The first-order valence-corrected chi connectivity index (χ1v) is 7.47. The summed E-state index contributed by atoms with van der Waals surface area (Å²) in [4.78, 5) is 12.1. The van der Waals surface area contributed by atoms with Crippen LogP contribution in [0.2, 0.25) is 0 Å². The molecule has 1 unspecified atom stereocenters. The van der Waals surface area contributed by atoms with E-state index < -0.39 is 0 Å². The molecule has 1 amide bonds. The fourth-order valence-electron chi connectivity index (χ4n) is 1.70. The van der Waals surface area contributed by atoms with Crippen LogP contribution in [0.3, 0.4) is 0 Å². The first-order chi connectivity index (χ1) is 10.1. The predicted octanol–water partition coefficient (Wildman–Crippen LogP) is 2.63. The zero-order valence-electron chi connectivity index (χ0n) is 13.8. The van der Waals surface area contributed by atoms with E-state index in [1.54, 1.807) is 18.2 Å². The van der Waals surface area contributed by atoms with Crippen LogP contribution in [-0.4, -0.2) is 38.8 Å². The number of ether oxygens (including phenoxy) is 2. The summed E-state index contributed by atoms with van der Waals surface area (Å²) in [7, 11) is 1.86. The molecule has 1 aromatic carbocycles. The molecule has 22 heavy (non-hydrogen) atoms. The molecule has 5 nitrogen and oxygen atoms in total. The van der Waals surface area contributed by atoms with E-state index in [-0.39, 0.29) is 24.4 Å². The van der Waals surface area contributed by atoms with Crippen LogP contribution in [0.1, 0.15) is 37.6 Å². The summed E-state index contributed by atoms with van der Waals surface area (Å²) in [5.41, 5.74) is 0.575. The van der Waals surface area contributed by atoms with E-state index in [0.717, 1.165) is 6.42 Å². The molecule has 1 aromatic rings. The van der Waals surface area contributed by atoms with Gasteiger partial charge in [-0.1, -0.05) is 6.92 Å². The number of likely N-dealkylation sites (N-methyl/N-ethyl adjacent to an activating group) is 1. The van der Waals surface area contributed by atoms with Gasteiger partial charge in [0.25, 0.3) is 5.91 Å². The highest BCUT2D eigenvalue weighted by atomic mass is 35.5. The van der Waals surface area contributed by atoms with Gasteiger partial charge in [-0.3, -0.25) is 4.79 Å². The van der Waals surface area contributed by atoms with E-state index in [1.807, 2.05) is 27.8 Å². The lowest BCUT2D eigenvalue weighted by atomic mass is 10.2. The Balaban J connectivity index is 0.00000441. The molecule has 6 heteroatoms. The maximum atomic E-state index is 12.1. The number of carbonyl (C=O) groups excluding carboxylic acids is 1. The van der Waals surface area contributed by atoms with Crippen LogP contribution in [0.5, 0.6) is 11.5 Å². The zero-order chi connectivity index (χ0) is 15.7. The Labute approximate surface area is 139 Å². The molecular weight excluding hydrogens is 304 g/mol. The lowest BCUT2D eigenvalue weighted by Crippen LogP contribution is -2.37. The van der Waals surface area contributed by atoms with E-state index in [9.17, 15) is 4.79 Å². The topological polar surface area (TPSA) is 59.6 Å². The fraction of sp³-hybridized carbons (Fsp3) is 0.562. The third kappa shape index (κ3) is 6.54. The molecule has 0 spiro atoms. The van der Waals surface area contributed by atoms with Crippen molar-refractivity contribution in [1.29, 1.82) is 0 Å². The summed E-state index contributed by atoms with van der Waals surface area (Å²) in [6.07, 6.45) is 0.926. The van der Waals surface area contributed by atoms with Crippen LogP contribution in [-0.2, 0) is 0 Å². The number of benzene rings is 1. The van der Waals surface area contributed by atoms with Gasteiger partial charge < -0.3 is 20.1 Å². The molecule has 0 aliphatic carbocycles. The van der Waals surface area contributed by atoms with Crippen molar-refractivity contribution < 1.29 is 14.3 Å². The zero-order valence-corrected chi connectivity index (χ0v) is 14.6. The number of halogens is 1. The highest BCUT2D eigenvalue weighted by Gasteiger charge is 2.12. The van der Waals surface area contributed by atoms with Crippen molar-refractivity contribution in [2.24, 2.45) is 0 Å². The summed E-state index contributed by atoms with van der Waals surface area (Å²) in [5.74, 6) is 1.18. The van der Waals surface area contributed by atoms with Gasteiger partial charge in [0.05, 0.1) is 13.2 Å². The minimum absolute atomic E-state index is 0. The summed E-state index contributed by atoms with van der Waals surface area (Å²) in [5, 5.41) is 5.96. The van der Waals surface area contributed by atoms with Gasteiger partial charge in [-0.15, -0.1) is 12.4 Å². The van der Waals surface area contributed by atoms with Crippen LogP contribution in [0.15, 0.2) is 18.2 Å². The van der Waals surface area contributed by atoms with Crippen LogP contribution in [0.25, 0.3) is 0 Å². The molecule has 0 bridgehead atoms. The number of rotatable bonds is 9. The quantitative estimate of drug-likeness (QED) is 0.730. The van der Waals surface area contributed by atoms with Crippen molar-refractivity contribution in [2.45, 2.75) is 33.2 Å². The highest BCUT2D eigenvalue weighted by molar-refractivity contribution is 5.94. The van der Waals surface area contributed by atoms with Gasteiger partial charge >= 0.3 is 0 Å². The summed E-state index contributed by atoms with van der Waals surface area (Å²) < 4.78 is 11.2. The summed E-state index contributed by atoms with van der Waals surface area (Å²) in [6, 6.07) is 5.50. The van der Waals surface area contributed by atoms with Gasteiger partial charge in [0.1, 0.15) is 0 Å². The molecule has 0 aliphatic rings. The van der Waals surface area contributed by atoms with Gasteiger partial charge in [0.15, 0.2) is 11.5 Å². The standard InChI is InChI=1S/C16H26N2O3.ClH/c1-5-9-21-14-8-7-13(10-15(14)20-6-2)16(19)18-11-12(3)17-4;/h7-8,10,12,17H,5-6,9,11H2,1-4H3,(H,18,19);1H. The second-order valence-corrected chi connectivity index (χ2v) is 4.84. The predicted molar refractivity (Wildman–Crippen MR) is 91.5 cm³/mol. The maximum Gasteiger partial charge on any atom is 0.251 e. The Bertz CT molecular complexity index is 455. The smallest absolute Gasteiger partial charge is 0.251 e. The third-order valence-corrected chi connectivity index (χ3v) is 3.03. The van der Waals surface area contributed by atoms with Crippen LogP contribution < -0.4 is 20.1 Å². The van der Waals surface area contributed by atoms with Crippen molar-refractivity contribution in [1.82, 2.24) is 10.6 Å². The minimum Gasteiger partial charge on any atom is -0.490 e. The van der Waals surface area contributed by atoms with Crippen molar-refractivity contribution in [3.05, 3.63) is 23.8 Å². The highest BCUT2D eigenvalue weighted by Crippen LogP contribution is 2.28. The Morgan fingerprint density at radius 3 is 2.55 bits per heavy atom. The summed E-state index contributed by atoms with van der Waals surface area (Å²) in [6.45, 7) is 7.70. The van der Waals surface area contributed by atoms with Crippen LogP contribution >= 0.6 is 12.4 Å². The second-order valence-electron chi connectivity index (χ2n) is 4.84. The third-order valence-electron chi connectivity index (χ3n) is 3.03. The lowest BCUT2D eigenvalue weighted by molar-refractivity contribution is 0.0950. The normalized spacial score (nSPS) is 11.3. The van der Waals surface area contributed by atoms with Crippen molar-refractivity contribution in [2.75, 3.05) is 26.8 Å². The van der Waals surface area contributed by atoms with Gasteiger partial charge in [-0.05, 0) is 45.5 Å². The Hall–Kier alpha value is -1.46. The number of hydrogen-bond acceptors (Lipinski definition) is 4. The molecule has 0 saturated carbocycles. The first kappa shape index (κ1) is 20.5. The lowest BCUT2D eigenvalue weighted by Gasteiger charge is -2.14. The monoisotopic (exact) mass is 330 g/mol. The maximum absolute atomic E-state index is 12.1. The Morgan fingerprint density at radius 2 is 1.95 bits per heavy atom. The molecule has 2 N–H and O–H groups in total. The molecule has 1 atom stereocenters. The SMILES string of the molecule is CCCOc1ccc(C(=O)NCC(C)NC)cc1OCC.Cl. The van der Waals surface area contributed by atoms with Gasteiger partial charge in [-0.25, -0.2) is 0 Å². The average Bonchev–Trinajstić information content (AvgIpc) is 2.51. The Kier molecular flexibility index (Phi) is 10.4. The van der Waals surface area contributed by atoms with Gasteiger partial charge in [0, 0.05) is 18.2 Å². The number of amides is 1. The Morgan fingerprint density at radius 1 is 1.23 bits per heavy atom. The van der Waals surface area contributed by atoms with E-state index in [0.29, 0.717) is 36.8 Å². The first-order valence-electron chi connectivity index (χ1n) is 7.47. The minimum atomic E-state index is -0.111. The van der Waals surface area contributed by atoms with E-state index in [1.165, 1.54) is 0 Å². The molecule has 0 heterocycles. The largest absolute Gasteiger partial charge is 0.490 e. The van der Waals surface area contributed by atoms with Crippen LogP contribution in [0.4, 0.5) is 0 Å². The van der Waals surface area contributed by atoms with Crippen molar-refractivity contribution >= 4 is 18.3 Å². The van der Waals surface area contributed by atoms with Gasteiger partial charge in [0.2, 0.25) is 0 Å². The van der Waals surface area contributed by atoms with Crippen LogP contribution in [0, 0.1) is 0 Å². The van der Waals surface area contributed by atoms with Gasteiger partial charge in [-0.2, -0.15) is 0 Å². The molecule has 0 aromatic heterocycles. The van der Waals surface area contributed by atoms with E-state index >= 15 is 0 Å². The number of hydrogen-bond donors (Lipinski definition) is 2. The van der Waals surface area contributed by atoms with E-state index in [2.05, 4.69) is 10.6 Å². The average molecular weight is 331 g/mol. The second kappa shape index (κ2) is 11.2. The van der Waals surface area contributed by atoms with Crippen molar-refractivity contribution in [3.63, 3.8) is 0 Å². The van der Waals surface area contributed by atoms with E-state index in [4.69, 9.17) is 9.47 Å². The number of nitrogens with one attached hydrogen (secondary N) is 2. The fourth-order valence-corrected chi connectivity index (χ4v) is 1.70. The molecule has 0 fully saturated rings. The summed E-state index contributed by atoms with van der Waals surface area (Å²) >= 11 is 0. The molecule has 0 aliphatic heterocycles. The van der Waals surface area contributed by atoms with Crippen molar-refractivity contribution in [3.8, 4) is 11.5 Å². The molecule has 126 valence electrons. The number of carbonyl (C=O) groups is 1. The molecular formula is C16H27ClN2O3. The molecule has 1 rings (SSSR count).